The number of hydrogen-bond acceptors (Lipinski definition) is 4. The van der Waals surface area contributed by atoms with Gasteiger partial charge in [-0.1, -0.05) is 42.5 Å². The summed E-state index contributed by atoms with van der Waals surface area (Å²) in [6.45, 7) is 4.21. The summed E-state index contributed by atoms with van der Waals surface area (Å²) in [5.74, 6) is 1.05. The number of phenolic OH excluding ortho intramolecular Hbond substituents is 1. The molecule has 3 heterocycles. The highest BCUT2D eigenvalue weighted by molar-refractivity contribution is 5.90. The third kappa shape index (κ3) is 3.83. The smallest absolute Gasteiger partial charge is 0.143 e. The molecular weight excluding hydrogens is 398 g/mol. The largest absolute Gasteiger partial charge is 0.508 e. The molecule has 3 aromatic heterocycles. The lowest BCUT2D eigenvalue weighted by molar-refractivity contribution is 0.474. The van der Waals surface area contributed by atoms with E-state index in [1.807, 2.05) is 24.4 Å². The maximum atomic E-state index is 9.83. The lowest BCUT2D eigenvalue weighted by atomic mass is 10.0. The molecule has 0 aliphatic carbocycles. The van der Waals surface area contributed by atoms with Gasteiger partial charge in [0.15, 0.2) is 0 Å². The number of benzene rings is 2. The average Bonchev–Trinajstić information content (AvgIpc) is 3.39. The van der Waals surface area contributed by atoms with Crippen LogP contribution in [0.25, 0.3) is 22.2 Å². The normalized spacial score (nSPS) is 12.2. The first-order valence-corrected chi connectivity index (χ1v) is 10.7. The molecular formula is C26H25N5O. The Morgan fingerprint density at radius 2 is 1.88 bits per heavy atom. The van der Waals surface area contributed by atoms with E-state index >= 15 is 0 Å². The summed E-state index contributed by atoms with van der Waals surface area (Å²) in [6.07, 6.45) is 4.21. The van der Waals surface area contributed by atoms with Crippen molar-refractivity contribution in [2.75, 3.05) is 5.32 Å². The summed E-state index contributed by atoms with van der Waals surface area (Å²) in [6, 6.07) is 19.9. The van der Waals surface area contributed by atoms with Crippen molar-refractivity contribution in [3.05, 3.63) is 95.7 Å². The summed E-state index contributed by atoms with van der Waals surface area (Å²) in [4.78, 5) is 15.8. The minimum absolute atomic E-state index is 0.000487. The van der Waals surface area contributed by atoms with Crippen molar-refractivity contribution in [3.8, 4) is 16.9 Å². The van der Waals surface area contributed by atoms with E-state index in [-0.39, 0.29) is 11.8 Å². The quantitative estimate of drug-likeness (QED) is 0.281. The molecule has 0 bridgehead atoms. The van der Waals surface area contributed by atoms with Crippen LogP contribution in [0.4, 0.5) is 5.82 Å². The van der Waals surface area contributed by atoms with Crippen molar-refractivity contribution in [1.29, 1.82) is 0 Å². The second-order valence-electron chi connectivity index (χ2n) is 8.12. The minimum atomic E-state index is 0.000487. The Bertz CT molecular complexity index is 1370. The van der Waals surface area contributed by atoms with Crippen LogP contribution in [-0.2, 0) is 6.42 Å². The molecule has 0 spiro atoms. The van der Waals surface area contributed by atoms with Crippen LogP contribution in [0.1, 0.15) is 35.5 Å². The van der Waals surface area contributed by atoms with E-state index in [1.54, 1.807) is 18.5 Å². The predicted molar refractivity (Wildman–Crippen MR) is 128 cm³/mol. The highest BCUT2D eigenvalue weighted by atomic mass is 16.3. The Morgan fingerprint density at radius 3 is 2.69 bits per heavy atom. The lowest BCUT2D eigenvalue weighted by Crippen LogP contribution is -2.10. The molecule has 0 radical (unpaired) electrons. The zero-order valence-electron chi connectivity index (χ0n) is 18.1. The molecule has 32 heavy (non-hydrogen) atoms. The number of rotatable bonds is 6. The summed E-state index contributed by atoms with van der Waals surface area (Å²) in [5.41, 5.74) is 7.49. The van der Waals surface area contributed by atoms with Gasteiger partial charge in [-0.25, -0.2) is 9.97 Å². The van der Waals surface area contributed by atoms with Gasteiger partial charge in [0.2, 0.25) is 0 Å². The van der Waals surface area contributed by atoms with Crippen molar-refractivity contribution in [3.63, 3.8) is 0 Å². The van der Waals surface area contributed by atoms with E-state index in [2.05, 4.69) is 69.4 Å². The number of anilines is 1. The Morgan fingerprint density at radius 1 is 1.03 bits per heavy atom. The summed E-state index contributed by atoms with van der Waals surface area (Å²) in [5, 5.41) is 14.4. The molecule has 5 aromatic rings. The molecule has 2 aromatic carbocycles. The third-order valence-electron chi connectivity index (χ3n) is 5.71. The number of nitrogens with zero attached hydrogens (tertiary/aromatic N) is 2. The molecule has 0 fully saturated rings. The summed E-state index contributed by atoms with van der Waals surface area (Å²) in [7, 11) is 0. The van der Waals surface area contributed by atoms with Crippen molar-refractivity contribution in [1.82, 2.24) is 19.9 Å². The van der Waals surface area contributed by atoms with Crippen LogP contribution >= 0.6 is 0 Å². The molecule has 5 rings (SSSR count). The van der Waals surface area contributed by atoms with Gasteiger partial charge < -0.3 is 20.4 Å². The molecule has 0 unspecified atom stereocenters. The molecule has 0 aliphatic rings. The summed E-state index contributed by atoms with van der Waals surface area (Å²) >= 11 is 0. The average molecular weight is 424 g/mol. The second kappa shape index (κ2) is 8.23. The van der Waals surface area contributed by atoms with Gasteiger partial charge in [0.05, 0.1) is 11.4 Å². The number of hydrogen-bond donors (Lipinski definition) is 4. The Kier molecular flexibility index (Phi) is 5.11. The molecule has 4 N–H and O–H groups in total. The van der Waals surface area contributed by atoms with Gasteiger partial charge in [0, 0.05) is 23.1 Å². The van der Waals surface area contributed by atoms with Crippen molar-refractivity contribution in [2.45, 2.75) is 26.3 Å². The lowest BCUT2D eigenvalue weighted by Gasteiger charge is -2.17. The van der Waals surface area contributed by atoms with Crippen LogP contribution in [0.5, 0.6) is 5.75 Å². The molecule has 0 amide bonds. The second-order valence-corrected chi connectivity index (χ2v) is 8.12. The standard InChI is InChI=1S/C26H25N5O/c1-16-11-22(19-8-4-3-5-9-19)24(30-16)17(2)31-26-23-20(14-27-25(23)28-15-29-26)12-18-7-6-10-21(32)13-18/h3-11,13-15,17,30,32H,12H2,1-2H3,(H2,27,28,29,31)/t17-/m0/s1. The van der Waals surface area contributed by atoms with Crippen LogP contribution in [0.3, 0.4) is 0 Å². The number of aryl methyl sites for hydroxylation is 1. The fraction of sp³-hybridized carbons (Fsp3) is 0.154. The number of phenols is 1. The zero-order valence-corrected chi connectivity index (χ0v) is 18.1. The van der Waals surface area contributed by atoms with Crippen LogP contribution in [0.15, 0.2) is 73.2 Å². The highest BCUT2D eigenvalue weighted by Gasteiger charge is 2.18. The molecule has 6 heteroatoms. The number of aromatic hydroxyl groups is 1. The van der Waals surface area contributed by atoms with E-state index < -0.39 is 0 Å². The van der Waals surface area contributed by atoms with Gasteiger partial charge in [-0.05, 0) is 55.2 Å². The number of aromatic nitrogens is 4. The van der Waals surface area contributed by atoms with E-state index in [4.69, 9.17) is 0 Å². The maximum absolute atomic E-state index is 9.83. The van der Waals surface area contributed by atoms with E-state index in [0.717, 1.165) is 39.4 Å². The van der Waals surface area contributed by atoms with Gasteiger partial charge in [0.1, 0.15) is 23.5 Å². The number of fused-ring (bicyclic) bond motifs is 1. The van der Waals surface area contributed by atoms with Crippen LogP contribution < -0.4 is 5.32 Å². The maximum Gasteiger partial charge on any atom is 0.143 e. The van der Waals surface area contributed by atoms with Gasteiger partial charge in [-0.15, -0.1) is 0 Å². The third-order valence-corrected chi connectivity index (χ3v) is 5.71. The highest BCUT2D eigenvalue weighted by Crippen LogP contribution is 2.33. The SMILES string of the molecule is Cc1cc(-c2ccccc2)c([C@H](C)Nc2ncnc3[nH]cc(Cc4cccc(O)c4)c23)[nH]1. The molecule has 6 nitrogen and oxygen atoms in total. The van der Waals surface area contributed by atoms with Crippen molar-refractivity contribution < 1.29 is 5.11 Å². The fourth-order valence-electron chi connectivity index (χ4n) is 4.25. The van der Waals surface area contributed by atoms with E-state index in [0.29, 0.717) is 6.42 Å². The topological polar surface area (TPSA) is 89.6 Å². The van der Waals surface area contributed by atoms with Gasteiger partial charge in [-0.3, -0.25) is 0 Å². The summed E-state index contributed by atoms with van der Waals surface area (Å²) < 4.78 is 0. The molecule has 0 saturated carbocycles. The monoisotopic (exact) mass is 423 g/mol. The van der Waals surface area contributed by atoms with Crippen molar-refractivity contribution in [2.24, 2.45) is 0 Å². The first kappa shape index (κ1) is 19.9. The number of H-pyrrole nitrogens is 2. The van der Waals surface area contributed by atoms with Crippen LogP contribution in [-0.4, -0.2) is 25.0 Å². The first-order valence-electron chi connectivity index (χ1n) is 10.7. The first-order chi connectivity index (χ1) is 15.6. The zero-order chi connectivity index (χ0) is 22.1. The Labute approximate surface area is 186 Å². The molecule has 0 aliphatic heterocycles. The Hall–Kier alpha value is -4.06. The van der Waals surface area contributed by atoms with E-state index in [9.17, 15) is 5.11 Å². The number of aromatic amines is 2. The van der Waals surface area contributed by atoms with Crippen LogP contribution in [0.2, 0.25) is 0 Å². The van der Waals surface area contributed by atoms with Gasteiger partial charge in [-0.2, -0.15) is 0 Å². The predicted octanol–water partition coefficient (Wildman–Crippen LogP) is 5.73. The molecule has 0 saturated heterocycles. The van der Waals surface area contributed by atoms with Crippen molar-refractivity contribution >= 4 is 16.9 Å². The van der Waals surface area contributed by atoms with Gasteiger partial charge >= 0.3 is 0 Å². The minimum Gasteiger partial charge on any atom is -0.508 e. The fourth-order valence-corrected chi connectivity index (χ4v) is 4.25. The van der Waals surface area contributed by atoms with E-state index in [1.165, 1.54) is 11.1 Å². The van der Waals surface area contributed by atoms with Gasteiger partial charge in [0.25, 0.3) is 0 Å². The molecule has 1 atom stereocenters. The molecule has 160 valence electrons. The van der Waals surface area contributed by atoms with Crippen LogP contribution in [0, 0.1) is 6.92 Å². The Balaban J connectivity index is 1.49. The number of nitrogens with one attached hydrogen (secondary N) is 3.